The fourth-order valence-electron chi connectivity index (χ4n) is 4.64. The third kappa shape index (κ3) is 4.46. The SMILES string of the molecule is COc1cc(NC(=O)C2CCC(n3ccnc3)N3CCCCCCN23)c(C(=O)O)cc1F. The maximum Gasteiger partial charge on any atom is 0.337 e. The highest BCUT2D eigenvalue weighted by Crippen LogP contribution is 2.34. The molecule has 2 fully saturated rings. The summed E-state index contributed by atoms with van der Waals surface area (Å²) in [6, 6.07) is 1.64. The Hall–Kier alpha value is -2.98. The van der Waals surface area contributed by atoms with E-state index in [4.69, 9.17) is 4.74 Å². The molecule has 0 aliphatic carbocycles. The van der Waals surface area contributed by atoms with Gasteiger partial charge in [0.25, 0.3) is 0 Å². The van der Waals surface area contributed by atoms with E-state index < -0.39 is 17.8 Å². The number of hydrogen-bond acceptors (Lipinski definition) is 6. The van der Waals surface area contributed by atoms with Gasteiger partial charge in [-0.15, -0.1) is 0 Å². The normalized spacial score (nSPS) is 22.4. The van der Waals surface area contributed by atoms with Gasteiger partial charge in [0.2, 0.25) is 5.91 Å². The second kappa shape index (κ2) is 9.66. The van der Waals surface area contributed by atoms with Gasteiger partial charge in [0, 0.05) is 31.5 Å². The number of rotatable bonds is 5. The van der Waals surface area contributed by atoms with Gasteiger partial charge in [-0.3, -0.25) is 4.79 Å². The number of amides is 1. The van der Waals surface area contributed by atoms with Crippen molar-refractivity contribution in [1.29, 1.82) is 0 Å². The lowest BCUT2D eigenvalue weighted by Gasteiger charge is -2.49. The summed E-state index contributed by atoms with van der Waals surface area (Å²) >= 11 is 0. The number of carboxylic acid groups (broad SMARTS) is 1. The summed E-state index contributed by atoms with van der Waals surface area (Å²) in [4.78, 5) is 29.2. The van der Waals surface area contributed by atoms with Crippen molar-refractivity contribution >= 4 is 17.6 Å². The summed E-state index contributed by atoms with van der Waals surface area (Å²) in [6.07, 6.45) is 11.2. The predicted octanol–water partition coefficient (Wildman–Crippen LogP) is 3.12. The Morgan fingerprint density at radius 1 is 1.16 bits per heavy atom. The Morgan fingerprint density at radius 3 is 2.56 bits per heavy atom. The Bertz CT molecular complexity index is 967. The second-order valence-electron chi connectivity index (χ2n) is 8.15. The van der Waals surface area contributed by atoms with Gasteiger partial charge in [0.15, 0.2) is 11.6 Å². The van der Waals surface area contributed by atoms with E-state index in [1.54, 1.807) is 12.5 Å². The first kappa shape index (κ1) is 22.2. The number of anilines is 1. The van der Waals surface area contributed by atoms with Crippen LogP contribution in [0, 0.1) is 5.82 Å². The second-order valence-corrected chi connectivity index (χ2v) is 8.15. The lowest BCUT2D eigenvalue weighted by Crippen LogP contribution is -2.59. The fourth-order valence-corrected chi connectivity index (χ4v) is 4.64. The number of carboxylic acids is 1. The maximum atomic E-state index is 14.0. The van der Waals surface area contributed by atoms with Gasteiger partial charge in [0.1, 0.15) is 12.2 Å². The number of benzene rings is 1. The third-order valence-electron chi connectivity index (χ3n) is 6.21. The molecule has 1 amide bonds. The van der Waals surface area contributed by atoms with Gasteiger partial charge in [-0.2, -0.15) is 0 Å². The quantitative estimate of drug-likeness (QED) is 0.729. The first-order valence-corrected chi connectivity index (χ1v) is 10.9. The zero-order valence-corrected chi connectivity index (χ0v) is 18.0. The molecule has 3 heterocycles. The lowest BCUT2D eigenvalue weighted by atomic mass is 10.0. The van der Waals surface area contributed by atoms with Crippen molar-refractivity contribution in [2.75, 3.05) is 25.5 Å². The van der Waals surface area contributed by atoms with Crippen molar-refractivity contribution in [3.8, 4) is 5.75 Å². The van der Waals surface area contributed by atoms with Gasteiger partial charge in [0.05, 0.1) is 24.7 Å². The van der Waals surface area contributed by atoms with Crippen LogP contribution in [0.2, 0.25) is 0 Å². The van der Waals surface area contributed by atoms with Crippen LogP contribution in [0.15, 0.2) is 30.9 Å². The van der Waals surface area contributed by atoms with Gasteiger partial charge in [-0.05, 0) is 31.7 Å². The van der Waals surface area contributed by atoms with Crippen molar-refractivity contribution in [1.82, 2.24) is 19.6 Å². The summed E-state index contributed by atoms with van der Waals surface area (Å²) in [7, 11) is 1.29. The van der Waals surface area contributed by atoms with E-state index in [1.807, 2.05) is 6.20 Å². The topological polar surface area (TPSA) is 99.9 Å². The molecule has 2 unspecified atom stereocenters. The minimum atomic E-state index is -1.32. The van der Waals surface area contributed by atoms with Crippen molar-refractivity contribution in [3.63, 3.8) is 0 Å². The third-order valence-corrected chi connectivity index (χ3v) is 6.21. The number of halogens is 1. The van der Waals surface area contributed by atoms with Gasteiger partial charge in [-0.25, -0.2) is 24.2 Å². The molecular weight excluding hydrogens is 417 g/mol. The van der Waals surface area contributed by atoms with E-state index in [9.17, 15) is 19.1 Å². The number of nitrogens with one attached hydrogen (secondary N) is 1. The predicted molar refractivity (Wildman–Crippen MR) is 115 cm³/mol. The molecule has 2 saturated heterocycles. The largest absolute Gasteiger partial charge is 0.494 e. The molecule has 0 bridgehead atoms. The summed E-state index contributed by atoms with van der Waals surface area (Å²) in [5.74, 6) is -2.55. The van der Waals surface area contributed by atoms with Crippen LogP contribution in [-0.4, -0.2) is 62.8 Å². The Morgan fingerprint density at radius 2 is 1.91 bits per heavy atom. The number of fused-ring (bicyclic) bond motifs is 1. The van der Waals surface area contributed by atoms with Crippen LogP contribution in [0.5, 0.6) is 5.75 Å². The average Bonchev–Trinajstić information content (AvgIpc) is 3.28. The van der Waals surface area contributed by atoms with E-state index in [-0.39, 0.29) is 29.1 Å². The summed E-state index contributed by atoms with van der Waals surface area (Å²) in [5.41, 5.74) is -0.288. The Kier molecular flexibility index (Phi) is 6.71. The van der Waals surface area contributed by atoms with Crippen molar-refractivity contribution in [3.05, 3.63) is 42.2 Å². The molecule has 9 nitrogen and oxygen atoms in total. The van der Waals surface area contributed by atoms with Crippen LogP contribution < -0.4 is 10.1 Å². The molecule has 2 atom stereocenters. The van der Waals surface area contributed by atoms with E-state index in [1.165, 1.54) is 13.2 Å². The first-order chi connectivity index (χ1) is 15.5. The number of aromatic nitrogens is 2. The van der Waals surface area contributed by atoms with Crippen molar-refractivity contribution in [2.45, 2.75) is 50.7 Å². The standard InChI is InChI=1S/C22H28FN5O4/c1-32-19-13-17(15(22(30)31)12-16(19)23)25-21(29)18-6-7-20(26-11-8-24-14-26)28-10-5-3-2-4-9-27(18)28/h8,11-14,18,20H,2-7,9-10H2,1H3,(H,25,29)(H,30,31). The van der Waals surface area contributed by atoms with E-state index in [0.29, 0.717) is 6.42 Å². The zero-order chi connectivity index (χ0) is 22.7. The molecule has 0 spiro atoms. The van der Waals surface area contributed by atoms with Crippen LogP contribution in [0.3, 0.4) is 0 Å². The van der Waals surface area contributed by atoms with Gasteiger partial charge in [-0.1, -0.05) is 12.8 Å². The molecule has 2 aliphatic heterocycles. The molecule has 1 aromatic carbocycles. The van der Waals surface area contributed by atoms with Crippen molar-refractivity contribution < 1.29 is 23.8 Å². The molecule has 172 valence electrons. The Balaban J connectivity index is 1.60. The lowest BCUT2D eigenvalue weighted by molar-refractivity contribution is -0.164. The van der Waals surface area contributed by atoms with Gasteiger partial charge >= 0.3 is 5.97 Å². The highest BCUT2D eigenvalue weighted by molar-refractivity contribution is 6.02. The molecule has 2 aliphatic rings. The molecule has 1 aromatic heterocycles. The molecular formula is C22H28FN5O4. The number of aromatic carboxylic acids is 1. The minimum Gasteiger partial charge on any atom is -0.494 e. The smallest absolute Gasteiger partial charge is 0.337 e. The van der Waals surface area contributed by atoms with Crippen LogP contribution in [-0.2, 0) is 4.79 Å². The van der Waals surface area contributed by atoms with E-state index >= 15 is 0 Å². The monoisotopic (exact) mass is 445 g/mol. The number of hydrogen-bond donors (Lipinski definition) is 2. The minimum absolute atomic E-state index is 0.0241. The molecule has 10 heteroatoms. The number of carbonyl (C=O) groups excluding carboxylic acids is 1. The van der Waals surface area contributed by atoms with E-state index in [0.717, 1.165) is 51.3 Å². The van der Waals surface area contributed by atoms with Crippen LogP contribution in [0.25, 0.3) is 0 Å². The molecule has 32 heavy (non-hydrogen) atoms. The summed E-state index contributed by atoms with van der Waals surface area (Å²) in [5, 5.41) is 16.6. The van der Waals surface area contributed by atoms with Gasteiger partial charge < -0.3 is 19.7 Å². The number of carbonyl (C=O) groups is 2. The van der Waals surface area contributed by atoms with Crippen LogP contribution >= 0.6 is 0 Å². The highest BCUT2D eigenvalue weighted by Gasteiger charge is 2.39. The zero-order valence-electron chi connectivity index (χ0n) is 18.0. The van der Waals surface area contributed by atoms with Crippen LogP contribution in [0.1, 0.15) is 55.0 Å². The number of imidazole rings is 1. The molecule has 2 N–H and O–H groups in total. The number of nitrogens with zero attached hydrogens (tertiary/aromatic N) is 4. The molecule has 4 rings (SSSR count). The molecule has 0 radical (unpaired) electrons. The summed E-state index contributed by atoms with van der Waals surface area (Å²) < 4.78 is 21.1. The van der Waals surface area contributed by atoms with E-state index in [2.05, 4.69) is 24.9 Å². The maximum absolute atomic E-state index is 14.0. The number of ether oxygens (including phenoxy) is 1. The molecule has 0 saturated carbocycles. The average molecular weight is 445 g/mol. The van der Waals surface area contributed by atoms with Crippen LogP contribution in [0.4, 0.5) is 10.1 Å². The number of hydrazine groups is 1. The molecule has 2 aromatic rings. The van der Waals surface area contributed by atoms with Crippen molar-refractivity contribution in [2.24, 2.45) is 0 Å². The first-order valence-electron chi connectivity index (χ1n) is 10.9. The highest BCUT2D eigenvalue weighted by atomic mass is 19.1. The summed E-state index contributed by atoms with van der Waals surface area (Å²) in [6.45, 7) is 1.57. The fraction of sp³-hybridized carbons (Fsp3) is 0.500. The number of methoxy groups -OCH3 is 1. The Labute approximate surface area is 185 Å².